The highest BCUT2D eigenvalue weighted by Gasteiger charge is 2.17. The van der Waals surface area contributed by atoms with E-state index in [-0.39, 0.29) is 0 Å². The number of ether oxygens (including phenoxy) is 1. The van der Waals surface area contributed by atoms with Crippen LogP contribution in [0.25, 0.3) is 0 Å². The predicted molar refractivity (Wildman–Crippen MR) is 81.4 cm³/mol. The summed E-state index contributed by atoms with van der Waals surface area (Å²) in [5.41, 5.74) is 2.38. The van der Waals surface area contributed by atoms with E-state index in [1.807, 2.05) is 12.1 Å². The van der Waals surface area contributed by atoms with Crippen molar-refractivity contribution in [3.63, 3.8) is 0 Å². The minimum absolute atomic E-state index is 0.356. The summed E-state index contributed by atoms with van der Waals surface area (Å²) in [5, 5.41) is 10.1. The fourth-order valence-corrected chi connectivity index (χ4v) is 2.59. The number of aliphatic hydroxyl groups excluding tert-OH is 1. The molecule has 0 radical (unpaired) electrons. The molecule has 1 atom stereocenters. The summed E-state index contributed by atoms with van der Waals surface area (Å²) in [6.07, 6.45) is -0.431. The number of hydrogen-bond donors (Lipinski definition) is 1. The molecule has 1 N–H and O–H groups in total. The van der Waals surface area contributed by atoms with Gasteiger partial charge < -0.3 is 14.7 Å². The number of benzene rings is 1. The van der Waals surface area contributed by atoms with Gasteiger partial charge in [0.05, 0.1) is 0 Å². The molecule has 1 fully saturated rings. The summed E-state index contributed by atoms with van der Waals surface area (Å²) in [6.45, 7) is 9.36. The Morgan fingerprint density at radius 1 is 1.10 bits per heavy atom. The second-order valence-corrected chi connectivity index (χ2v) is 5.89. The lowest BCUT2D eigenvalue weighted by atomic mass is 10.1. The van der Waals surface area contributed by atoms with Crippen molar-refractivity contribution < 1.29 is 9.84 Å². The Hall–Kier alpha value is -1.10. The van der Waals surface area contributed by atoms with Crippen molar-refractivity contribution in [2.24, 2.45) is 0 Å². The lowest BCUT2D eigenvalue weighted by Gasteiger charge is -2.33. The van der Waals surface area contributed by atoms with Crippen LogP contribution in [0.15, 0.2) is 18.2 Å². The molecule has 1 aromatic carbocycles. The Labute approximate surface area is 122 Å². The average molecular weight is 278 g/mol. The zero-order valence-electron chi connectivity index (χ0n) is 12.8. The van der Waals surface area contributed by atoms with Crippen molar-refractivity contribution in [1.29, 1.82) is 0 Å². The zero-order valence-corrected chi connectivity index (χ0v) is 12.8. The van der Waals surface area contributed by atoms with Crippen LogP contribution in [0, 0.1) is 13.8 Å². The van der Waals surface area contributed by atoms with Crippen LogP contribution < -0.4 is 4.74 Å². The number of likely N-dealkylation sites (N-methyl/N-ethyl adjacent to an activating group) is 1. The van der Waals surface area contributed by atoms with Crippen molar-refractivity contribution in [1.82, 2.24) is 9.80 Å². The van der Waals surface area contributed by atoms with Crippen molar-refractivity contribution in [3.8, 4) is 5.75 Å². The predicted octanol–water partition coefficient (Wildman–Crippen LogP) is 1.29. The minimum Gasteiger partial charge on any atom is -0.491 e. The largest absolute Gasteiger partial charge is 0.491 e. The van der Waals surface area contributed by atoms with Gasteiger partial charge in [0, 0.05) is 32.7 Å². The summed E-state index contributed by atoms with van der Waals surface area (Å²) in [7, 11) is 2.14. The van der Waals surface area contributed by atoms with Gasteiger partial charge in [0.15, 0.2) is 0 Å². The molecular weight excluding hydrogens is 252 g/mol. The van der Waals surface area contributed by atoms with Crippen molar-refractivity contribution in [2.75, 3.05) is 46.4 Å². The summed E-state index contributed by atoms with van der Waals surface area (Å²) < 4.78 is 5.71. The highest BCUT2D eigenvalue weighted by Crippen LogP contribution is 2.16. The summed E-state index contributed by atoms with van der Waals surface area (Å²) in [5.74, 6) is 0.847. The van der Waals surface area contributed by atoms with Gasteiger partial charge in [-0.1, -0.05) is 6.07 Å². The Balaban J connectivity index is 1.75. The Bertz CT molecular complexity index is 408. The molecule has 112 valence electrons. The normalized spacial score (nSPS) is 19.0. The first kappa shape index (κ1) is 15.3. The van der Waals surface area contributed by atoms with Crippen LogP contribution in [0.1, 0.15) is 11.1 Å². The maximum absolute atomic E-state index is 10.1. The van der Waals surface area contributed by atoms with E-state index >= 15 is 0 Å². The van der Waals surface area contributed by atoms with Crippen molar-refractivity contribution in [3.05, 3.63) is 29.3 Å². The number of aryl methyl sites for hydroxylation is 2. The Kier molecular flexibility index (Phi) is 5.40. The van der Waals surface area contributed by atoms with Crippen LogP contribution in [0.2, 0.25) is 0 Å². The number of β-amino-alcohol motifs (C(OH)–C–C–N with tert-alkyl or cyclic N) is 1. The molecule has 1 aromatic rings. The standard InChI is InChI=1S/C16H26N2O2/c1-13-8-14(2)10-16(9-13)20-12-15(19)11-18-6-4-17(3)5-7-18/h8-10,15,19H,4-7,11-12H2,1-3H3/t15-/m1/s1. The first-order chi connectivity index (χ1) is 9.52. The third-order valence-electron chi connectivity index (χ3n) is 3.70. The molecule has 0 amide bonds. The molecule has 0 unspecified atom stereocenters. The third kappa shape index (κ3) is 4.78. The van der Waals surface area contributed by atoms with Crippen molar-refractivity contribution >= 4 is 0 Å². The van der Waals surface area contributed by atoms with E-state index in [9.17, 15) is 5.11 Å². The van der Waals surface area contributed by atoms with E-state index in [2.05, 4.69) is 36.8 Å². The second-order valence-electron chi connectivity index (χ2n) is 5.89. The molecule has 0 aliphatic carbocycles. The fraction of sp³-hybridized carbons (Fsp3) is 0.625. The van der Waals surface area contributed by atoms with Gasteiger partial charge in [-0.2, -0.15) is 0 Å². The van der Waals surface area contributed by atoms with Gasteiger partial charge in [0.2, 0.25) is 0 Å². The van der Waals surface area contributed by atoms with E-state index in [0.29, 0.717) is 13.2 Å². The number of rotatable bonds is 5. The van der Waals surface area contributed by atoms with Crippen LogP contribution in [0.3, 0.4) is 0 Å². The quantitative estimate of drug-likeness (QED) is 0.880. The number of hydrogen-bond acceptors (Lipinski definition) is 4. The van der Waals surface area contributed by atoms with E-state index in [4.69, 9.17) is 4.74 Å². The molecule has 0 bridgehead atoms. The molecular formula is C16H26N2O2. The summed E-state index contributed by atoms with van der Waals surface area (Å²) >= 11 is 0. The lowest BCUT2D eigenvalue weighted by molar-refractivity contribution is 0.0504. The first-order valence-electron chi connectivity index (χ1n) is 7.33. The molecule has 20 heavy (non-hydrogen) atoms. The van der Waals surface area contributed by atoms with Crippen LogP contribution >= 0.6 is 0 Å². The zero-order chi connectivity index (χ0) is 14.5. The SMILES string of the molecule is Cc1cc(C)cc(OC[C@H](O)CN2CCN(C)CC2)c1. The first-order valence-corrected chi connectivity index (χ1v) is 7.33. The monoisotopic (exact) mass is 278 g/mol. The van der Waals surface area contributed by atoms with Crippen LogP contribution in [-0.4, -0.2) is 67.4 Å². The fourth-order valence-electron chi connectivity index (χ4n) is 2.59. The highest BCUT2D eigenvalue weighted by molar-refractivity contribution is 5.32. The van der Waals surface area contributed by atoms with Gasteiger partial charge in [-0.25, -0.2) is 0 Å². The molecule has 1 aliphatic heterocycles. The molecule has 1 saturated heterocycles. The maximum atomic E-state index is 10.1. The third-order valence-corrected chi connectivity index (χ3v) is 3.70. The van der Waals surface area contributed by atoms with Crippen LogP contribution in [0.4, 0.5) is 0 Å². The molecule has 0 aromatic heterocycles. The second kappa shape index (κ2) is 7.07. The van der Waals surface area contributed by atoms with E-state index in [1.165, 1.54) is 11.1 Å². The van der Waals surface area contributed by atoms with E-state index in [0.717, 1.165) is 31.9 Å². The molecule has 4 heteroatoms. The molecule has 2 rings (SSSR count). The summed E-state index contributed by atoms with van der Waals surface area (Å²) in [4.78, 5) is 4.62. The van der Waals surface area contributed by atoms with Crippen LogP contribution in [0.5, 0.6) is 5.75 Å². The van der Waals surface area contributed by atoms with Gasteiger partial charge in [-0.15, -0.1) is 0 Å². The number of piperazine rings is 1. The van der Waals surface area contributed by atoms with Crippen LogP contribution in [-0.2, 0) is 0 Å². The van der Waals surface area contributed by atoms with E-state index in [1.54, 1.807) is 0 Å². The molecule has 0 spiro atoms. The highest BCUT2D eigenvalue weighted by atomic mass is 16.5. The van der Waals surface area contributed by atoms with Gasteiger partial charge in [-0.3, -0.25) is 4.90 Å². The van der Waals surface area contributed by atoms with Gasteiger partial charge in [0.25, 0.3) is 0 Å². The summed E-state index contributed by atoms with van der Waals surface area (Å²) in [6, 6.07) is 6.14. The smallest absolute Gasteiger partial charge is 0.119 e. The molecule has 4 nitrogen and oxygen atoms in total. The molecule has 0 saturated carbocycles. The Morgan fingerprint density at radius 3 is 2.30 bits per heavy atom. The lowest BCUT2D eigenvalue weighted by Crippen LogP contribution is -2.47. The van der Waals surface area contributed by atoms with Gasteiger partial charge in [-0.05, 0) is 44.2 Å². The average Bonchev–Trinajstić information content (AvgIpc) is 2.38. The van der Waals surface area contributed by atoms with Gasteiger partial charge in [0.1, 0.15) is 18.5 Å². The Morgan fingerprint density at radius 2 is 1.70 bits per heavy atom. The van der Waals surface area contributed by atoms with Gasteiger partial charge >= 0.3 is 0 Å². The number of aliphatic hydroxyl groups is 1. The topological polar surface area (TPSA) is 35.9 Å². The van der Waals surface area contributed by atoms with E-state index < -0.39 is 6.10 Å². The number of nitrogens with zero attached hydrogens (tertiary/aromatic N) is 2. The minimum atomic E-state index is -0.431. The van der Waals surface area contributed by atoms with Crippen molar-refractivity contribution in [2.45, 2.75) is 20.0 Å². The maximum Gasteiger partial charge on any atom is 0.119 e. The molecule has 1 heterocycles. The molecule has 1 aliphatic rings.